The van der Waals surface area contributed by atoms with E-state index in [0.717, 1.165) is 35.9 Å². The van der Waals surface area contributed by atoms with Gasteiger partial charge < -0.3 is 4.42 Å². The Kier molecular flexibility index (Phi) is 3.82. The maximum absolute atomic E-state index is 13.0. The lowest BCUT2D eigenvalue weighted by atomic mass is 9.96. The molecule has 0 N–H and O–H groups in total. The molecule has 4 aromatic rings. The van der Waals surface area contributed by atoms with Crippen LogP contribution < -0.4 is 0 Å². The summed E-state index contributed by atoms with van der Waals surface area (Å²) in [5.41, 5.74) is 5.16. The van der Waals surface area contributed by atoms with Crippen molar-refractivity contribution in [1.29, 1.82) is 0 Å². The number of nitrogens with zero attached hydrogens (tertiary/aromatic N) is 2. The maximum Gasteiger partial charge on any atom is 0.290 e. The summed E-state index contributed by atoms with van der Waals surface area (Å²) < 4.78 is 7.66. The standard InChI is InChI=1S/C21H18N2O2S/c24-21(26-13-20-22-16-9-3-6-12-19(16)25-20)23-17-10-4-1-7-14(17)15-8-2-5-11-18(15)23/h1,3-4,6-7,9-10,12H,2,5,8,11,13H2. The van der Waals surface area contributed by atoms with E-state index in [1.54, 1.807) is 0 Å². The zero-order chi connectivity index (χ0) is 17.5. The summed E-state index contributed by atoms with van der Waals surface area (Å²) in [6.45, 7) is 0. The van der Waals surface area contributed by atoms with Crippen molar-refractivity contribution in [1.82, 2.24) is 9.55 Å². The third kappa shape index (κ3) is 2.54. The van der Waals surface area contributed by atoms with Crippen molar-refractivity contribution in [3.05, 3.63) is 65.7 Å². The molecular weight excluding hydrogens is 344 g/mol. The Balaban J connectivity index is 1.47. The lowest BCUT2D eigenvalue weighted by molar-refractivity contribution is 0.262. The van der Waals surface area contributed by atoms with E-state index in [1.807, 2.05) is 41.0 Å². The molecule has 2 heterocycles. The van der Waals surface area contributed by atoms with Crippen LogP contribution in [0.4, 0.5) is 4.79 Å². The summed E-state index contributed by atoms with van der Waals surface area (Å²) in [5.74, 6) is 1.03. The van der Waals surface area contributed by atoms with E-state index in [9.17, 15) is 4.79 Å². The zero-order valence-corrected chi connectivity index (χ0v) is 15.1. The van der Waals surface area contributed by atoms with E-state index in [2.05, 4.69) is 17.1 Å². The first-order valence-electron chi connectivity index (χ1n) is 8.94. The summed E-state index contributed by atoms with van der Waals surface area (Å²) in [4.78, 5) is 17.5. The number of rotatable bonds is 2. The summed E-state index contributed by atoms with van der Waals surface area (Å²) in [7, 11) is 0. The van der Waals surface area contributed by atoms with Crippen LogP contribution in [-0.2, 0) is 18.6 Å². The van der Waals surface area contributed by atoms with Crippen LogP contribution in [-0.4, -0.2) is 14.8 Å². The minimum absolute atomic E-state index is 0.0478. The Labute approximate surface area is 155 Å². The summed E-state index contributed by atoms with van der Waals surface area (Å²) >= 11 is 1.26. The summed E-state index contributed by atoms with van der Waals surface area (Å²) in [6, 6.07) is 15.9. The second-order valence-corrected chi connectivity index (χ2v) is 7.54. The fourth-order valence-corrected chi connectivity index (χ4v) is 4.58. The van der Waals surface area contributed by atoms with Gasteiger partial charge in [-0.25, -0.2) is 4.98 Å². The van der Waals surface area contributed by atoms with E-state index in [-0.39, 0.29) is 5.24 Å². The molecule has 0 amide bonds. The second kappa shape index (κ2) is 6.32. The van der Waals surface area contributed by atoms with E-state index in [0.29, 0.717) is 11.6 Å². The number of carbonyl (C=O) groups excluding carboxylic acids is 1. The number of para-hydroxylation sites is 3. The predicted octanol–water partition coefficient (Wildman–Crippen LogP) is 5.56. The van der Waals surface area contributed by atoms with Crippen molar-refractivity contribution in [2.45, 2.75) is 31.4 Å². The number of benzene rings is 2. The van der Waals surface area contributed by atoms with Gasteiger partial charge in [0.15, 0.2) is 5.58 Å². The minimum atomic E-state index is 0.0478. The number of oxazole rings is 1. The Morgan fingerprint density at radius 2 is 1.88 bits per heavy atom. The van der Waals surface area contributed by atoms with Crippen molar-refractivity contribution in [3.63, 3.8) is 0 Å². The molecule has 1 aliphatic carbocycles. The number of hydrogen-bond donors (Lipinski definition) is 0. The SMILES string of the molecule is O=C(SCc1nc2ccccc2o1)n1c2c(c3ccccc31)CCCC2. The molecule has 5 heteroatoms. The number of fused-ring (bicyclic) bond motifs is 4. The van der Waals surface area contributed by atoms with Gasteiger partial charge in [0.2, 0.25) is 5.89 Å². The van der Waals surface area contributed by atoms with Gasteiger partial charge in [0.25, 0.3) is 5.24 Å². The van der Waals surface area contributed by atoms with Gasteiger partial charge in [-0.3, -0.25) is 9.36 Å². The van der Waals surface area contributed by atoms with Gasteiger partial charge in [0.1, 0.15) is 5.52 Å². The third-order valence-corrected chi connectivity index (χ3v) is 5.84. The minimum Gasteiger partial charge on any atom is -0.440 e. The second-order valence-electron chi connectivity index (χ2n) is 6.61. The monoisotopic (exact) mass is 362 g/mol. The third-order valence-electron chi connectivity index (χ3n) is 5.02. The lowest BCUT2D eigenvalue weighted by Gasteiger charge is -2.14. The molecule has 0 fully saturated rings. The Morgan fingerprint density at radius 1 is 1.08 bits per heavy atom. The number of thioether (sulfide) groups is 1. The highest BCUT2D eigenvalue weighted by molar-refractivity contribution is 8.12. The molecule has 5 rings (SSSR count). The van der Waals surface area contributed by atoms with Gasteiger partial charge in [-0.05, 0) is 49.4 Å². The first kappa shape index (κ1) is 15.7. The van der Waals surface area contributed by atoms with Crippen molar-refractivity contribution in [3.8, 4) is 0 Å². The van der Waals surface area contributed by atoms with Crippen molar-refractivity contribution in [2.75, 3.05) is 0 Å². The first-order valence-corrected chi connectivity index (χ1v) is 9.92. The van der Waals surface area contributed by atoms with Gasteiger partial charge in [0, 0.05) is 11.1 Å². The highest BCUT2D eigenvalue weighted by atomic mass is 32.2. The van der Waals surface area contributed by atoms with Crippen molar-refractivity contribution in [2.24, 2.45) is 0 Å². The van der Waals surface area contributed by atoms with Gasteiger partial charge in [-0.1, -0.05) is 42.1 Å². The molecule has 0 saturated heterocycles. The molecule has 2 aromatic carbocycles. The fourth-order valence-electron chi connectivity index (χ4n) is 3.87. The average molecular weight is 362 g/mol. The lowest BCUT2D eigenvalue weighted by Crippen LogP contribution is -2.13. The van der Waals surface area contributed by atoms with Crippen LogP contribution in [0, 0.1) is 0 Å². The molecule has 4 nitrogen and oxygen atoms in total. The molecule has 0 bridgehead atoms. The average Bonchev–Trinajstić information content (AvgIpc) is 3.25. The predicted molar refractivity (Wildman–Crippen MR) is 105 cm³/mol. The van der Waals surface area contributed by atoms with E-state index in [4.69, 9.17) is 4.42 Å². The molecule has 0 radical (unpaired) electrons. The molecule has 130 valence electrons. The topological polar surface area (TPSA) is 48.0 Å². The highest BCUT2D eigenvalue weighted by Gasteiger charge is 2.23. The van der Waals surface area contributed by atoms with Gasteiger partial charge in [-0.2, -0.15) is 0 Å². The van der Waals surface area contributed by atoms with Crippen molar-refractivity contribution < 1.29 is 9.21 Å². The molecular formula is C21H18N2O2S. The van der Waals surface area contributed by atoms with E-state index < -0.39 is 0 Å². The van der Waals surface area contributed by atoms with E-state index >= 15 is 0 Å². The molecule has 1 aliphatic rings. The van der Waals surface area contributed by atoms with Crippen LogP contribution in [0.1, 0.15) is 30.0 Å². The fraction of sp³-hybridized carbons (Fsp3) is 0.238. The molecule has 0 unspecified atom stereocenters. The molecule has 0 saturated carbocycles. The smallest absolute Gasteiger partial charge is 0.290 e. The number of hydrogen-bond acceptors (Lipinski definition) is 4. The van der Waals surface area contributed by atoms with Crippen molar-refractivity contribution >= 4 is 39.0 Å². The Hall–Kier alpha value is -2.53. The largest absolute Gasteiger partial charge is 0.440 e. The molecule has 0 spiro atoms. The van der Waals surface area contributed by atoms with Crippen LogP contribution >= 0.6 is 11.8 Å². The number of aromatic nitrogens is 2. The zero-order valence-electron chi connectivity index (χ0n) is 14.3. The Bertz CT molecular complexity index is 1090. The van der Waals surface area contributed by atoms with Crippen LogP contribution in [0.2, 0.25) is 0 Å². The summed E-state index contributed by atoms with van der Waals surface area (Å²) in [5, 5.41) is 1.27. The molecule has 26 heavy (non-hydrogen) atoms. The van der Waals surface area contributed by atoms with E-state index in [1.165, 1.54) is 34.8 Å². The number of aryl methyl sites for hydroxylation is 1. The van der Waals surface area contributed by atoms with Gasteiger partial charge in [-0.15, -0.1) is 0 Å². The quantitative estimate of drug-likeness (QED) is 0.468. The number of carbonyl (C=O) groups is 1. The molecule has 0 atom stereocenters. The summed E-state index contributed by atoms with van der Waals surface area (Å²) in [6.07, 6.45) is 4.38. The maximum atomic E-state index is 13.0. The van der Waals surface area contributed by atoms with Gasteiger partial charge >= 0.3 is 0 Å². The van der Waals surface area contributed by atoms with Crippen LogP contribution in [0.3, 0.4) is 0 Å². The van der Waals surface area contributed by atoms with Crippen LogP contribution in [0.5, 0.6) is 0 Å². The van der Waals surface area contributed by atoms with Crippen LogP contribution in [0.15, 0.2) is 52.9 Å². The Morgan fingerprint density at radius 3 is 2.81 bits per heavy atom. The first-order chi connectivity index (χ1) is 12.8. The normalized spacial score (nSPS) is 14.0. The highest BCUT2D eigenvalue weighted by Crippen LogP contribution is 2.33. The van der Waals surface area contributed by atoms with Gasteiger partial charge in [0.05, 0.1) is 11.3 Å². The van der Waals surface area contributed by atoms with Crippen LogP contribution in [0.25, 0.3) is 22.0 Å². The molecule has 0 aliphatic heterocycles. The molecule has 2 aromatic heterocycles.